The first kappa shape index (κ1) is 15.2. The Kier molecular flexibility index (Phi) is 5.51. The number of nitrogens with one attached hydrogen (secondary N) is 1. The highest BCUT2D eigenvalue weighted by Crippen LogP contribution is 2.12. The highest BCUT2D eigenvalue weighted by Gasteiger charge is 2.19. The number of hydrazone groups is 1. The molecule has 0 radical (unpaired) electrons. The number of carbonyl (C=O) groups excluding carboxylic acids is 1. The van der Waals surface area contributed by atoms with Crippen molar-refractivity contribution in [3.05, 3.63) is 29.8 Å². The molecule has 0 spiro atoms. The molecular weight excluding hydrogens is 288 g/mol. The summed E-state index contributed by atoms with van der Waals surface area (Å²) in [6, 6.07) is 7.46. The average Bonchev–Trinajstić information content (AvgIpc) is 2.86. The molecule has 112 valence electrons. The van der Waals surface area contributed by atoms with Gasteiger partial charge in [0.05, 0.1) is 12.8 Å². The van der Waals surface area contributed by atoms with Gasteiger partial charge in [0, 0.05) is 13.0 Å². The van der Waals surface area contributed by atoms with Gasteiger partial charge in [0.2, 0.25) is 5.91 Å². The van der Waals surface area contributed by atoms with Gasteiger partial charge in [-0.05, 0) is 48.5 Å². The van der Waals surface area contributed by atoms with E-state index in [4.69, 9.17) is 10.5 Å². The van der Waals surface area contributed by atoms with E-state index in [-0.39, 0.29) is 11.0 Å². The molecule has 0 aromatic heterocycles. The third kappa shape index (κ3) is 5.03. The van der Waals surface area contributed by atoms with Gasteiger partial charge in [-0.2, -0.15) is 5.10 Å². The highest BCUT2D eigenvalue weighted by molar-refractivity contribution is 7.80. The molecule has 1 amide bonds. The van der Waals surface area contributed by atoms with Crippen molar-refractivity contribution in [2.75, 3.05) is 19.7 Å². The van der Waals surface area contributed by atoms with Crippen molar-refractivity contribution in [1.29, 1.82) is 0 Å². The van der Waals surface area contributed by atoms with Crippen LogP contribution in [0.1, 0.15) is 18.4 Å². The minimum atomic E-state index is 0.127. The third-order valence-corrected chi connectivity index (χ3v) is 3.16. The molecule has 2 rings (SSSR count). The number of amides is 1. The van der Waals surface area contributed by atoms with Crippen molar-refractivity contribution < 1.29 is 9.53 Å². The van der Waals surface area contributed by atoms with Gasteiger partial charge in [-0.15, -0.1) is 0 Å². The van der Waals surface area contributed by atoms with E-state index in [1.54, 1.807) is 6.21 Å². The lowest BCUT2D eigenvalue weighted by Crippen LogP contribution is -2.29. The quantitative estimate of drug-likeness (QED) is 0.463. The molecule has 1 saturated heterocycles. The fraction of sp³-hybridized carbons (Fsp3) is 0.357. The average molecular weight is 306 g/mol. The van der Waals surface area contributed by atoms with Gasteiger partial charge >= 0.3 is 0 Å². The SMILES string of the molecule is NC(=S)NN=Cc1ccc(OCCN2CCCC2=O)cc1. The molecule has 21 heavy (non-hydrogen) atoms. The second-order valence-electron chi connectivity index (χ2n) is 4.64. The lowest BCUT2D eigenvalue weighted by Gasteiger charge is -2.15. The van der Waals surface area contributed by atoms with Crippen LogP contribution < -0.4 is 15.9 Å². The van der Waals surface area contributed by atoms with Gasteiger partial charge in [-0.3, -0.25) is 10.2 Å². The molecule has 1 aromatic carbocycles. The van der Waals surface area contributed by atoms with E-state index < -0.39 is 0 Å². The van der Waals surface area contributed by atoms with E-state index in [0.717, 1.165) is 24.3 Å². The largest absolute Gasteiger partial charge is 0.492 e. The number of hydrogen-bond donors (Lipinski definition) is 2. The first-order valence-electron chi connectivity index (χ1n) is 6.74. The zero-order valence-electron chi connectivity index (χ0n) is 11.6. The molecule has 1 aliphatic heterocycles. The third-order valence-electron chi connectivity index (χ3n) is 3.07. The van der Waals surface area contributed by atoms with Gasteiger partial charge in [-0.25, -0.2) is 0 Å². The fourth-order valence-electron chi connectivity index (χ4n) is 2.03. The zero-order chi connectivity index (χ0) is 15.1. The second-order valence-corrected chi connectivity index (χ2v) is 5.08. The van der Waals surface area contributed by atoms with Crippen molar-refractivity contribution >= 4 is 29.5 Å². The number of hydrogen-bond acceptors (Lipinski definition) is 4. The van der Waals surface area contributed by atoms with Crippen LogP contribution in [0.4, 0.5) is 0 Å². The van der Waals surface area contributed by atoms with Gasteiger partial charge < -0.3 is 15.4 Å². The predicted molar refractivity (Wildman–Crippen MR) is 85.3 cm³/mol. The minimum absolute atomic E-state index is 0.127. The highest BCUT2D eigenvalue weighted by atomic mass is 32.1. The van der Waals surface area contributed by atoms with Crippen LogP contribution >= 0.6 is 12.2 Å². The van der Waals surface area contributed by atoms with Crippen LogP contribution in [0.2, 0.25) is 0 Å². The molecule has 1 heterocycles. The molecule has 1 aromatic rings. The molecule has 0 unspecified atom stereocenters. The first-order valence-corrected chi connectivity index (χ1v) is 7.15. The Hall–Kier alpha value is -2.15. The molecular formula is C14H18N4O2S. The van der Waals surface area contributed by atoms with E-state index in [0.29, 0.717) is 19.6 Å². The van der Waals surface area contributed by atoms with Gasteiger partial charge in [0.15, 0.2) is 5.11 Å². The summed E-state index contributed by atoms with van der Waals surface area (Å²) in [5.41, 5.74) is 8.65. The Labute approximate surface area is 128 Å². The van der Waals surface area contributed by atoms with E-state index in [9.17, 15) is 4.79 Å². The van der Waals surface area contributed by atoms with Crippen molar-refractivity contribution in [3.63, 3.8) is 0 Å². The Morgan fingerprint density at radius 2 is 2.24 bits per heavy atom. The molecule has 0 saturated carbocycles. The maximum Gasteiger partial charge on any atom is 0.222 e. The Bertz CT molecular complexity index is 530. The predicted octanol–water partition coefficient (Wildman–Crippen LogP) is 0.855. The molecule has 0 bridgehead atoms. The molecule has 0 atom stereocenters. The summed E-state index contributed by atoms with van der Waals surface area (Å²) < 4.78 is 5.62. The number of thiocarbonyl (C=S) groups is 1. The van der Waals surface area contributed by atoms with Crippen molar-refractivity contribution in [2.24, 2.45) is 10.8 Å². The summed E-state index contributed by atoms with van der Waals surface area (Å²) in [6.45, 7) is 1.98. The smallest absolute Gasteiger partial charge is 0.222 e. The van der Waals surface area contributed by atoms with Crippen LogP contribution in [0.25, 0.3) is 0 Å². The number of ether oxygens (including phenoxy) is 1. The van der Waals surface area contributed by atoms with Crippen LogP contribution in [-0.4, -0.2) is 41.8 Å². The molecule has 6 nitrogen and oxygen atoms in total. The number of rotatable bonds is 6. The van der Waals surface area contributed by atoms with E-state index in [1.807, 2.05) is 29.2 Å². The van der Waals surface area contributed by atoms with Crippen molar-refractivity contribution in [2.45, 2.75) is 12.8 Å². The zero-order valence-corrected chi connectivity index (χ0v) is 12.4. The van der Waals surface area contributed by atoms with E-state index >= 15 is 0 Å². The maximum atomic E-state index is 11.4. The van der Waals surface area contributed by atoms with Crippen LogP contribution in [-0.2, 0) is 4.79 Å². The number of benzene rings is 1. The first-order chi connectivity index (χ1) is 10.1. The van der Waals surface area contributed by atoms with E-state index in [1.165, 1.54) is 0 Å². The molecule has 0 aliphatic carbocycles. The summed E-state index contributed by atoms with van der Waals surface area (Å²) in [5.74, 6) is 0.983. The molecule has 3 N–H and O–H groups in total. The Morgan fingerprint density at radius 3 is 2.86 bits per heavy atom. The van der Waals surface area contributed by atoms with E-state index in [2.05, 4.69) is 22.7 Å². The molecule has 7 heteroatoms. The molecule has 1 aliphatic rings. The van der Waals surface area contributed by atoms with Gasteiger partial charge in [-0.1, -0.05) is 0 Å². The van der Waals surface area contributed by atoms with Crippen molar-refractivity contribution in [3.8, 4) is 5.75 Å². The summed E-state index contributed by atoms with van der Waals surface area (Å²) in [5, 5.41) is 3.99. The van der Waals surface area contributed by atoms with Crippen molar-refractivity contribution in [1.82, 2.24) is 10.3 Å². The Morgan fingerprint density at radius 1 is 1.48 bits per heavy atom. The maximum absolute atomic E-state index is 11.4. The second kappa shape index (κ2) is 7.58. The molecule has 1 fully saturated rings. The lowest BCUT2D eigenvalue weighted by atomic mass is 10.2. The number of carbonyl (C=O) groups is 1. The van der Waals surface area contributed by atoms with Crippen LogP contribution in [0.3, 0.4) is 0 Å². The normalized spacial score (nSPS) is 14.7. The summed E-state index contributed by atoms with van der Waals surface area (Å²) in [4.78, 5) is 13.3. The standard InChI is InChI=1S/C14H18N4O2S/c15-14(21)17-16-10-11-3-5-12(6-4-11)20-9-8-18-7-1-2-13(18)19/h3-6,10H,1-2,7-9H2,(H3,15,17,21). The summed E-state index contributed by atoms with van der Waals surface area (Å²) in [6.07, 6.45) is 3.23. The van der Waals surface area contributed by atoms with Gasteiger partial charge in [0.1, 0.15) is 12.4 Å². The lowest BCUT2D eigenvalue weighted by molar-refractivity contribution is -0.128. The monoisotopic (exact) mass is 306 g/mol. The number of nitrogens with zero attached hydrogens (tertiary/aromatic N) is 2. The van der Waals surface area contributed by atoms with Gasteiger partial charge in [0.25, 0.3) is 0 Å². The van der Waals surface area contributed by atoms with Crippen LogP contribution in [0, 0.1) is 0 Å². The number of nitrogens with two attached hydrogens (primary N) is 1. The Balaban J connectivity index is 1.75. The summed E-state index contributed by atoms with van der Waals surface area (Å²) in [7, 11) is 0. The number of likely N-dealkylation sites (tertiary alicyclic amines) is 1. The minimum Gasteiger partial charge on any atom is -0.492 e. The summed E-state index contributed by atoms with van der Waals surface area (Å²) >= 11 is 4.64. The van der Waals surface area contributed by atoms with Crippen LogP contribution in [0.15, 0.2) is 29.4 Å². The topological polar surface area (TPSA) is 80.0 Å². The van der Waals surface area contributed by atoms with Crippen LogP contribution in [0.5, 0.6) is 5.75 Å². The fourth-order valence-corrected chi connectivity index (χ4v) is 2.09.